The highest BCUT2D eigenvalue weighted by Gasteiger charge is 2.22. The molecule has 2 aromatic heterocycles. The lowest BCUT2D eigenvalue weighted by atomic mass is 10.2. The highest BCUT2D eigenvalue weighted by atomic mass is 28.3. The molecule has 1 fully saturated rings. The number of nitrogens with one attached hydrogen (secondary N) is 2. The Morgan fingerprint density at radius 2 is 1.75 bits per heavy atom. The van der Waals surface area contributed by atoms with Gasteiger partial charge in [-0.1, -0.05) is 37.0 Å². The Morgan fingerprint density at radius 1 is 1.05 bits per heavy atom. The van der Waals surface area contributed by atoms with E-state index in [9.17, 15) is 4.79 Å². The summed E-state index contributed by atoms with van der Waals surface area (Å²) >= 11 is 0. The minimum atomic E-state index is -1.52. The fourth-order valence-electron chi connectivity index (χ4n) is 4.19. The van der Waals surface area contributed by atoms with Crippen LogP contribution in [0.2, 0.25) is 19.6 Å². The predicted octanol–water partition coefficient (Wildman–Crippen LogP) is 4.12. The Morgan fingerprint density at radius 3 is 2.40 bits per heavy atom. The van der Waals surface area contributed by atoms with E-state index in [4.69, 9.17) is 23.4 Å². The maximum absolute atomic E-state index is 13.1. The quantitative estimate of drug-likeness (QED) is 0.243. The van der Waals surface area contributed by atoms with Crippen molar-refractivity contribution in [1.82, 2.24) is 14.9 Å². The van der Waals surface area contributed by atoms with Crippen molar-refractivity contribution in [3.63, 3.8) is 0 Å². The number of hydrogen-bond donors (Lipinski definition) is 2. The Labute approximate surface area is 236 Å². The van der Waals surface area contributed by atoms with E-state index in [1.807, 2.05) is 13.0 Å². The van der Waals surface area contributed by atoms with Crippen molar-refractivity contribution in [3.05, 3.63) is 41.7 Å². The summed E-state index contributed by atoms with van der Waals surface area (Å²) in [7, 11) is 1.41. The van der Waals surface area contributed by atoms with Crippen LogP contribution in [0.4, 0.5) is 11.6 Å². The van der Waals surface area contributed by atoms with Gasteiger partial charge in [-0.25, -0.2) is 0 Å². The first-order chi connectivity index (χ1) is 19.2. The molecule has 11 nitrogen and oxygen atoms in total. The van der Waals surface area contributed by atoms with Crippen molar-refractivity contribution < 1.29 is 28.2 Å². The van der Waals surface area contributed by atoms with Crippen LogP contribution in [0.5, 0.6) is 23.5 Å². The zero-order valence-electron chi connectivity index (χ0n) is 24.1. The molecule has 0 unspecified atom stereocenters. The van der Waals surface area contributed by atoms with Gasteiger partial charge in [0.05, 0.1) is 35.5 Å². The monoisotopic (exact) mass is 569 g/mol. The molecule has 3 aromatic rings. The predicted molar refractivity (Wildman–Crippen MR) is 156 cm³/mol. The molecule has 0 saturated carbocycles. The second-order valence-corrected chi connectivity index (χ2v) is 15.7. The fraction of sp³-hybridized carbons (Fsp3) is 0.464. The highest BCUT2D eigenvalue weighted by molar-refractivity contribution is 6.88. The number of carbonyl (C=O) groups is 1. The number of benzene rings is 1. The van der Waals surface area contributed by atoms with E-state index in [1.165, 1.54) is 19.4 Å². The lowest BCUT2D eigenvalue weighted by Crippen LogP contribution is -2.37. The average molecular weight is 570 g/mol. The molecule has 1 aromatic carbocycles. The molecular formula is C28H39N5O6Si. The Kier molecular flexibility index (Phi) is 9.66. The molecule has 216 valence electrons. The molecule has 1 saturated heterocycles. The summed E-state index contributed by atoms with van der Waals surface area (Å²) in [6.45, 7) is 13.9. The first kappa shape index (κ1) is 29.4. The van der Waals surface area contributed by atoms with Crippen LogP contribution in [-0.2, 0) is 4.74 Å². The molecule has 1 amide bonds. The molecule has 40 heavy (non-hydrogen) atoms. The van der Waals surface area contributed by atoms with E-state index in [-0.39, 0.29) is 29.2 Å². The summed E-state index contributed by atoms with van der Waals surface area (Å²) in [5.74, 6) is 1.13. The van der Waals surface area contributed by atoms with Crippen molar-refractivity contribution in [1.29, 1.82) is 0 Å². The van der Waals surface area contributed by atoms with Gasteiger partial charge in [-0.2, -0.15) is 9.97 Å². The summed E-state index contributed by atoms with van der Waals surface area (Å²) in [5.41, 5.74) is 1.18. The third-order valence-corrected chi connectivity index (χ3v) is 8.62. The van der Waals surface area contributed by atoms with Crippen LogP contribution in [0, 0.1) is 6.92 Å². The first-order valence-electron chi connectivity index (χ1n) is 13.4. The highest BCUT2D eigenvalue weighted by Crippen LogP contribution is 2.33. The number of furan rings is 1. The summed E-state index contributed by atoms with van der Waals surface area (Å²) in [6.07, 6.45) is 0.914. The number of nitrogens with zero attached hydrogens (tertiary/aromatic N) is 3. The van der Waals surface area contributed by atoms with E-state index in [2.05, 4.69) is 57.3 Å². The molecule has 0 radical (unpaired) electrons. The van der Waals surface area contributed by atoms with Gasteiger partial charge in [0.25, 0.3) is 11.9 Å². The Balaban J connectivity index is 1.41. The van der Waals surface area contributed by atoms with Gasteiger partial charge in [0.15, 0.2) is 11.4 Å². The number of aromatic nitrogens is 2. The minimum Gasteiger partial charge on any atom is -0.479 e. The van der Waals surface area contributed by atoms with Crippen LogP contribution >= 0.6 is 0 Å². The van der Waals surface area contributed by atoms with Crippen LogP contribution in [0.1, 0.15) is 22.5 Å². The normalized spacial score (nSPS) is 14.1. The minimum absolute atomic E-state index is 0.0587. The third kappa shape index (κ3) is 7.52. The molecule has 0 aliphatic carbocycles. The standard InChI is InChI=1S/C28H39N5O6Si/c1-19-8-9-20(40(4,5)6)18-22(19)39-23-11-10-21(38-23)25(34)30-24-26(35-2)31-28(32-27(24)36-3)29-12-7-13-33-14-16-37-17-15-33/h8-11,18H,7,12-17H2,1-6H3,(H,30,34)(H,29,31,32). The summed E-state index contributed by atoms with van der Waals surface area (Å²) in [6, 6.07) is 9.40. The largest absolute Gasteiger partial charge is 0.479 e. The molecule has 0 atom stereocenters. The average Bonchev–Trinajstić information content (AvgIpc) is 3.41. The van der Waals surface area contributed by atoms with E-state index < -0.39 is 14.0 Å². The number of ether oxygens (including phenoxy) is 4. The van der Waals surface area contributed by atoms with Gasteiger partial charge >= 0.3 is 0 Å². The molecule has 12 heteroatoms. The Hall–Kier alpha value is -3.61. The number of hydrogen-bond acceptors (Lipinski definition) is 10. The number of methoxy groups -OCH3 is 2. The second-order valence-electron chi connectivity index (χ2n) is 10.6. The van der Waals surface area contributed by atoms with Crippen molar-refractivity contribution in [2.45, 2.75) is 33.0 Å². The topological polar surface area (TPSA) is 120 Å². The van der Waals surface area contributed by atoms with Gasteiger partial charge in [0.2, 0.25) is 17.7 Å². The van der Waals surface area contributed by atoms with Crippen LogP contribution in [0.15, 0.2) is 34.7 Å². The molecule has 0 bridgehead atoms. The molecule has 4 rings (SSSR count). The summed E-state index contributed by atoms with van der Waals surface area (Å²) in [4.78, 5) is 24.2. The molecule has 3 heterocycles. The Bertz CT molecular complexity index is 1280. The number of aryl methyl sites for hydroxylation is 1. The zero-order chi connectivity index (χ0) is 28.7. The second kappa shape index (κ2) is 13.2. The van der Waals surface area contributed by atoms with Crippen molar-refractivity contribution in [2.24, 2.45) is 0 Å². The first-order valence-corrected chi connectivity index (χ1v) is 16.9. The number of amides is 1. The van der Waals surface area contributed by atoms with Gasteiger partial charge < -0.3 is 34.0 Å². The summed E-state index contributed by atoms with van der Waals surface area (Å²) in [5, 5.41) is 7.22. The number of carbonyl (C=O) groups excluding carboxylic acids is 1. The maximum atomic E-state index is 13.1. The van der Waals surface area contributed by atoms with Gasteiger partial charge in [-0.3, -0.25) is 9.69 Å². The van der Waals surface area contributed by atoms with E-state index in [0.29, 0.717) is 18.2 Å². The molecule has 1 aliphatic rings. The third-order valence-electron chi connectivity index (χ3n) is 6.58. The van der Waals surface area contributed by atoms with E-state index in [1.54, 1.807) is 12.1 Å². The molecule has 1 aliphatic heterocycles. The van der Waals surface area contributed by atoms with Gasteiger partial charge in [0, 0.05) is 25.7 Å². The smallest absolute Gasteiger partial charge is 0.291 e. The van der Waals surface area contributed by atoms with Gasteiger partial charge in [-0.15, -0.1) is 0 Å². The fourth-order valence-corrected chi connectivity index (χ4v) is 5.33. The van der Waals surface area contributed by atoms with Crippen LogP contribution < -0.4 is 30.0 Å². The van der Waals surface area contributed by atoms with Crippen LogP contribution in [0.25, 0.3) is 0 Å². The number of anilines is 2. The number of morpholine rings is 1. The van der Waals surface area contributed by atoms with Crippen LogP contribution in [-0.4, -0.2) is 82.5 Å². The van der Waals surface area contributed by atoms with Crippen molar-refractivity contribution >= 4 is 30.8 Å². The number of rotatable bonds is 12. The van der Waals surface area contributed by atoms with Crippen molar-refractivity contribution in [3.8, 4) is 23.5 Å². The zero-order valence-corrected chi connectivity index (χ0v) is 25.1. The molecule has 0 spiro atoms. The van der Waals surface area contributed by atoms with E-state index in [0.717, 1.165) is 44.8 Å². The lowest BCUT2D eigenvalue weighted by molar-refractivity contribution is 0.0378. The summed E-state index contributed by atoms with van der Waals surface area (Å²) < 4.78 is 28.0. The van der Waals surface area contributed by atoms with Gasteiger partial charge in [-0.05, 0) is 37.6 Å². The SMILES string of the molecule is COc1nc(NCCCN2CCOCC2)nc(OC)c1NC(=O)c1ccc(Oc2cc([Si](C)(C)C)ccc2C)o1. The van der Waals surface area contributed by atoms with Gasteiger partial charge in [0.1, 0.15) is 5.75 Å². The maximum Gasteiger partial charge on any atom is 0.291 e. The molecular weight excluding hydrogens is 530 g/mol. The van der Waals surface area contributed by atoms with Crippen LogP contribution in [0.3, 0.4) is 0 Å². The van der Waals surface area contributed by atoms with E-state index >= 15 is 0 Å². The lowest BCUT2D eigenvalue weighted by Gasteiger charge is -2.26. The van der Waals surface area contributed by atoms with Crippen molar-refractivity contribution in [2.75, 3.05) is 64.2 Å². The molecule has 2 N–H and O–H groups in total.